The van der Waals surface area contributed by atoms with Crippen LogP contribution in [0, 0.1) is 0 Å². The molecule has 1 heterocycles. The van der Waals surface area contributed by atoms with E-state index in [2.05, 4.69) is 4.90 Å². The molecule has 1 aliphatic rings. The predicted molar refractivity (Wildman–Crippen MR) is 82.5 cm³/mol. The minimum Gasteiger partial charge on any atom is -1.00 e. The van der Waals surface area contributed by atoms with Crippen LogP contribution in [0.4, 0.5) is 0 Å². The van der Waals surface area contributed by atoms with Crippen LogP contribution in [0.25, 0.3) is 0 Å². The number of hydrogen-bond donors (Lipinski definition) is 1. The van der Waals surface area contributed by atoms with Gasteiger partial charge in [0.05, 0.1) is 46.8 Å². The van der Waals surface area contributed by atoms with Crippen LogP contribution in [0.2, 0.25) is 0 Å². The molecule has 6 nitrogen and oxygen atoms in total. The molecule has 0 bridgehead atoms. The van der Waals surface area contributed by atoms with Gasteiger partial charge < -0.3 is 36.5 Å². The Morgan fingerprint density at radius 3 is 2.52 bits per heavy atom. The summed E-state index contributed by atoms with van der Waals surface area (Å²) in [7, 11) is 3.21. The summed E-state index contributed by atoms with van der Waals surface area (Å²) < 4.78 is 21.3. The van der Waals surface area contributed by atoms with E-state index in [0.29, 0.717) is 31.3 Å². The highest BCUT2D eigenvalue weighted by molar-refractivity contribution is 5.42. The Kier molecular flexibility index (Phi) is 9.28. The summed E-state index contributed by atoms with van der Waals surface area (Å²) in [6, 6.07) is 5.66. The van der Waals surface area contributed by atoms with Crippen LogP contribution in [0.5, 0.6) is 11.5 Å². The first-order chi connectivity index (χ1) is 10.7. The third-order valence-corrected chi connectivity index (χ3v) is 3.60. The third kappa shape index (κ3) is 6.53. The number of β-amino-alcohol motifs (C(OH)–C–C–N with tert-alkyl or cyclic N) is 1. The van der Waals surface area contributed by atoms with Crippen molar-refractivity contribution in [2.24, 2.45) is 0 Å². The highest BCUT2D eigenvalue weighted by Gasteiger charge is 2.15. The van der Waals surface area contributed by atoms with Crippen molar-refractivity contribution < 1.29 is 36.5 Å². The summed E-state index contributed by atoms with van der Waals surface area (Å²) in [6.07, 6.45) is -0.488. The van der Waals surface area contributed by atoms with Crippen molar-refractivity contribution in [3.63, 3.8) is 0 Å². The number of nitrogens with zero attached hydrogens (tertiary/aromatic N) is 1. The zero-order valence-electron chi connectivity index (χ0n) is 13.7. The highest BCUT2D eigenvalue weighted by atomic mass is 35.5. The largest absolute Gasteiger partial charge is 1.00 e. The van der Waals surface area contributed by atoms with E-state index in [0.717, 1.165) is 31.9 Å². The maximum atomic E-state index is 10.0. The first-order valence-electron chi connectivity index (χ1n) is 7.49. The molecule has 0 saturated carbocycles. The number of rotatable bonds is 8. The number of morpholine rings is 1. The highest BCUT2D eigenvalue weighted by Crippen LogP contribution is 2.27. The lowest BCUT2D eigenvalue weighted by Gasteiger charge is -2.28. The quantitative estimate of drug-likeness (QED) is 0.583. The second kappa shape index (κ2) is 10.7. The smallest absolute Gasteiger partial charge is 0.161 e. The summed E-state index contributed by atoms with van der Waals surface area (Å²) in [6.45, 7) is 4.57. The molecule has 0 amide bonds. The molecule has 1 saturated heterocycles. The van der Waals surface area contributed by atoms with E-state index in [1.165, 1.54) is 0 Å². The van der Waals surface area contributed by atoms with Gasteiger partial charge in [0.2, 0.25) is 0 Å². The second-order valence-electron chi connectivity index (χ2n) is 5.27. The number of hydrogen-bond acceptors (Lipinski definition) is 6. The molecule has 23 heavy (non-hydrogen) atoms. The molecule has 1 aliphatic heterocycles. The Morgan fingerprint density at radius 2 is 1.87 bits per heavy atom. The molecule has 1 N–H and O–H groups in total. The summed E-state index contributed by atoms with van der Waals surface area (Å²) >= 11 is 0. The van der Waals surface area contributed by atoms with Crippen LogP contribution in [0.1, 0.15) is 5.56 Å². The average Bonchev–Trinajstić information content (AvgIpc) is 2.55. The molecule has 0 spiro atoms. The maximum absolute atomic E-state index is 10.0. The van der Waals surface area contributed by atoms with E-state index >= 15 is 0 Å². The number of aliphatic hydroxyl groups is 1. The molecule has 1 unspecified atom stereocenters. The van der Waals surface area contributed by atoms with Crippen LogP contribution >= 0.6 is 0 Å². The van der Waals surface area contributed by atoms with Crippen molar-refractivity contribution in [1.82, 2.24) is 4.90 Å². The molecule has 0 aliphatic carbocycles. The average molecular weight is 347 g/mol. The summed E-state index contributed by atoms with van der Waals surface area (Å²) in [5, 5.41) is 10.0. The van der Waals surface area contributed by atoms with E-state index in [4.69, 9.17) is 18.9 Å². The van der Waals surface area contributed by atoms with Crippen molar-refractivity contribution in [1.29, 1.82) is 0 Å². The van der Waals surface area contributed by atoms with Gasteiger partial charge in [0, 0.05) is 19.6 Å². The lowest BCUT2D eigenvalue weighted by molar-refractivity contribution is -0.0175. The standard InChI is InChI=1S/C16H25NO5.ClH/c1-19-15-4-3-13(9-16(15)20-2)11-22-12-14(18)10-17-5-7-21-8-6-17;/h3-4,9,14,18H,5-8,10-12H2,1-2H3;1H/p-1. The zero-order chi connectivity index (χ0) is 15.8. The topological polar surface area (TPSA) is 60.4 Å². The van der Waals surface area contributed by atoms with Crippen LogP contribution in [-0.2, 0) is 16.1 Å². The van der Waals surface area contributed by atoms with Crippen LogP contribution in [0.15, 0.2) is 18.2 Å². The van der Waals surface area contributed by atoms with Crippen molar-refractivity contribution in [3.8, 4) is 11.5 Å². The predicted octanol–water partition coefficient (Wildman–Crippen LogP) is -2.08. The first-order valence-corrected chi connectivity index (χ1v) is 7.49. The van der Waals surface area contributed by atoms with Crippen molar-refractivity contribution in [2.45, 2.75) is 12.7 Å². The maximum Gasteiger partial charge on any atom is 0.161 e. The Bertz CT molecular complexity index is 454. The van der Waals surface area contributed by atoms with Crippen molar-refractivity contribution in [3.05, 3.63) is 23.8 Å². The van der Waals surface area contributed by atoms with Gasteiger partial charge >= 0.3 is 0 Å². The monoisotopic (exact) mass is 346 g/mol. The Hall–Kier alpha value is -1.05. The Morgan fingerprint density at radius 1 is 1.17 bits per heavy atom. The van der Waals surface area contributed by atoms with Crippen LogP contribution in [0.3, 0.4) is 0 Å². The lowest BCUT2D eigenvalue weighted by Crippen LogP contribution is -3.00. The Balaban J connectivity index is 0.00000264. The first kappa shape index (κ1) is 20.0. The van der Waals surface area contributed by atoms with Gasteiger partial charge in [-0.05, 0) is 17.7 Å². The number of ether oxygens (including phenoxy) is 4. The third-order valence-electron chi connectivity index (χ3n) is 3.60. The van der Waals surface area contributed by atoms with Gasteiger partial charge in [-0.1, -0.05) is 6.07 Å². The molecule has 0 aromatic heterocycles. The summed E-state index contributed by atoms with van der Waals surface area (Å²) in [5.74, 6) is 1.37. The molecule has 1 aromatic rings. The number of benzene rings is 1. The van der Waals surface area contributed by atoms with E-state index < -0.39 is 6.10 Å². The normalized spacial score (nSPS) is 16.5. The fourth-order valence-corrected chi connectivity index (χ4v) is 2.42. The molecule has 1 atom stereocenters. The number of aliphatic hydroxyl groups excluding tert-OH is 1. The Labute approximate surface area is 143 Å². The molecular formula is C16H25ClNO5-. The summed E-state index contributed by atoms with van der Waals surface area (Å²) in [4.78, 5) is 2.19. The minimum atomic E-state index is -0.488. The van der Waals surface area contributed by atoms with E-state index in [1.807, 2.05) is 18.2 Å². The van der Waals surface area contributed by atoms with Crippen molar-refractivity contribution in [2.75, 3.05) is 53.7 Å². The molecule has 2 rings (SSSR count). The molecule has 0 radical (unpaired) electrons. The van der Waals surface area contributed by atoms with Crippen LogP contribution < -0.4 is 21.9 Å². The van der Waals surface area contributed by atoms with Crippen LogP contribution in [-0.4, -0.2) is 69.8 Å². The fraction of sp³-hybridized carbons (Fsp3) is 0.625. The van der Waals surface area contributed by atoms with Gasteiger partial charge in [0.1, 0.15) is 0 Å². The SMILES string of the molecule is COc1ccc(COCC(O)CN2CCOCC2)cc1OC.[Cl-]. The number of halogens is 1. The second-order valence-corrected chi connectivity index (χ2v) is 5.27. The molecule has 7 heteroatoms. The minimum absolute atomic E-state index is 0. The van der Waals surface area contributed by atoms with Gasteiger partial charge in [-0.2, -0.15) is 0 Å². The van der Waals surface area contributed by atoms with Gasteiger partial charge in [0.15, 0.2) is 11.5 Å². The van der Waals surface area contributed by atoms with E-state index in [9.17, 15) is 5.11 Å². The molecule has 1 fully saturated rings. The van der Waals surface area contributed by atoms with Gasteiger partial charge in [0.25, 0.3) is 0 Å². The molecular weight excluding hydrogens is 322 g/mol. The molecule has 132 valence electrons. The van der Waals surface area contributed by atoms with Crippen molar-refractivity contribution >= 4 is 0 Å². The lowest BCUT2D eigenvalue weighted by atomic mass is 10.2. The van der Waals surface area contributed by atoms with E-state index in [1.54, 1.807) is 14.2 Å². The van der Waals surface area contributed by atoms with Gasteiger partial charge in [-0.25, -0.2) is 0 Å². The van der Waals surface area contributed by atoms with E-state index in [-0.39, 0.29) is 12.4 Å². The fourth-order valence-electron chi connectivity index (χ4n) is 2.42. The van der Waals surface area contributed by atoms with Gasteiger partial charge in [-0.15, -0.1) is 0 Å². The van der Waals surface area contributed by atoms with Gasteiger partial charge in [-0.3, -0.25) is 4.90 Å². The zero-order valence-corrected chi connectivity index (χ0v) is 14.4. The summed E-state index contributed by atoms with van der Waals surface area (Å²) in [5.41, 5.74) is 0.983. The molecule has 1 aromatic carbocycles. The number of methoxy groups -OCH3 is 2.